The highest BCUT2D eigenvalue weighted by atomic mass is 79.9. The van der Waals surface area contributed by atoms with Gasteiger partial charge in [0.05, 0.1) is 27.9 Å². The normalized spacial score (nSPS) is 18.3. The number of aromatic nitrogens is 1. The highest BCUT2D eigenvalue weighted by molar-refractivity contribution is 9.10. The van der Waals surface area contributed by atoms with Crippen molar-refractivity contribution in [2.45, 2.75) is 66.1 Å². The molecular weight excluding hydrogens is 432 g/mol. The summed E-state index contributed by atoms with van der Waals surface area (Å²) < 4.78 is 12.2. The van der Waals surface area contributed by atoms with Gasteiger partial charge in [-0.1, -0.05) is 25.4 Å². The van der Waals surface area contributed by atoms with Crippen molar-refractivity contribution in [1.29, 1.82) is 0 Å². The highest BCUT2D eigenvalue weighted by Crippen LogP contribution is 2.43. The fourth-order valence-electron chi connectivity index (χ4n) is 3.16. The van der Waals surface area contributed by atoms with Crippen LogP contribution in [0.25, 0.3) is 0 Å². The summed E-state index contributed by atoms with van der Waals surface area (Å²) >= 11 is 10.1. The Morgan fingerprint density at radius 1 is 1.37 bits per heavy atom. The van der Waals surface area contributed by atoms with Gasteiger partial charge >= 0.3 is 5.97 Å². The first-order chi connectivity index (χ1) is 12.4. The maximum atomic E-state index is 12.8. The molecule has 7 heteroatoms. The summed E-state index contributed by atoms with van der Waals surface area (Å²) in [7, 11) is 0. The number of ether oxygens (including phenoxy) is 2. The second kappa shape index (κ2) is 8.66. The van der Waals surface area contributed by atoms with Gasteiger partial charge in [-0.25, -0.2) is 9.78 Å². The van der Waals surface area contributed by atoms with Gasteiger partial charge in [-0.3, -0.25) is 0 Å². The predicted molar refractivity (Wildman–Crippen MR) is 112 cm³/mol. The van der Waals surface area contributed by atoms with Crippen LogP contribution in [0.1, 0.15) is 66.1 Å². The number of nitrogens with zero attached hydrogens (tertiary/aromatic N) is 2. The molecule has 1 aliphatic rings. The van der Waals surface area contributed by atoms with Crippen LogP contribution in [-0.2, 0) is 14.3 Å². The first-order valence-corrected chi connectivity index (χ1v) is 10.6. The van der Waals surface area contributed by atoms with Gasteiger partial charge in [0, 0.05) is 19.3 Å². The van der Waals surface area contributed by atoms with E-state index in [1.165, 1.54) is 0 Å². The summed E-state index contributed by atoms with van der Waals surface area (Å²) in [5.74, 6) is -0.451. The lowest BCUT2D eigenvalue weighted by Crippen LogP contribution is -2.39. The Balaban J connectivity index is 2.52. The number of pyridine rings is 1. The summed E-state index contributed by atoms with van der Waals surface area (Å²) in [4.78, 5) is 19.3. The van der Waals surface area contributed by atoms with Crippen LogP contribution in [-0.4, -0.2) is 36.3 Å². The molecule has 0 aromatic carbocycles. The minimum absolute atomic E-state index is 0.264. The lowest BCUT2D eigenvalue weighted by molar-refractivity contribution is -0.166. The molecule has 152 valence electrons. The zero-order chi connectivity index (χ0) is 20.4. The van der Waals surface area contributed by atoms with Crippen LogP contribution < -0.4 is 4.90 Å². The molecule has 0 saturated carbocycles. The summed E-state index contributed by atoms with van der Waals surface area (Å²) in [5.41, 5.74) is 1.19. The number of halogens is 2. The van der Waals surface area contributed by atoms with Crippen molar-refractivity contribution in [1.82, 2.24) is 4.98 Å². The van der Waals surface area contributed by atoms with Gasteiger partial charge in [-0.2, -0.15) is 0 Å². The Morgan fingerprint density at radius 3 is 2.48 bits per heavy atom. The van der Waals surface area contributed by atoms with E-state index >= 15 is 0 Å². The molecule has 1 saturated heterocycles. The monoisotopic (exact) mass is 460 g/mol. The van der Waals surface area contributed by atoms with Crippen LogP contribution in [0.3, 0.4) is 0 Å². The van der Waals surface area contributed by atoms with E-state index in [1.54, 1.807) is 13.1 Å². The highest BCUT2D eigenvalue weighted by Gasteiger charge is 2.36. The van der Waals surface area contributed by atoms with Gasteiger partial charge in [0.1, 0.15) is 5.15 Å². The number of anilines is 1. The van der Waals surface area contributed by atoms with Crippen molar-refractivity contribution in [3.05, 3.63) is 21.4 Å². The van der Waals surface area contributed by atoms with Crippen LogP contribution in [0.15, 0.2) is 10.7 Å². The Morgan fingerprint density at radius 2 is 1.96 bits per heavy atom. The Bertz CT molecular complexity index is 679. The number of rotatable bonds is 5. The number of carbonyl (C=O) groups is 1. The quantitative estimate of drug-likeness (QED) is 0.425. The van der Waals surface area contributed by atoms with Crippen molar-refractivity contribution in [2.75, 3.05) is 24.6 Å². The molecule has 2 rings (SSSR count). The second-order valence-electron chi connectivity index (χ2n) is 8.67. The Hall–Kier alpha value is -0.850. The molecule has 0 N–H and O–H groups in total. The first-order valence-electron chi connectivity index (χ1n) is 9.38. The Labute approximate surface area is 175 Å². The molecule has 1 unspecified atom stereocenters. The molecule has 5 nitrogen and oxygen atoms in total. The van der Waals surface area contributed by atoms with Crippen molar-refractivity contribution < 1.29 is 14.3 Å². The van der Waals surface area contributed by atoms with Gasteiger partial charge in [-0.15, -0.1) is 0 Å². The molecule has 27 heavy (non-hydrogen) atoms. The van der Waals surface area contributed by atoms with Gasteiger partial charge in [0.25, 0.3) is 0 Å². The lowest BCUT2D eigenvalue weighted by Gasteiger charge is -2.40. The van der Waals surface area contributed by atoms with E-state index in [-0.39, 0.29) is 11.8 Å². The average molecular weight is 462 g/mol. The van der Waals surface area contributed by atoms with E-state index in [0.29, 0.717) is 11.0 Å². The van der Waals surface area contributed by atoms with Gasteiger partial charge in [-0.05, 0) is 61.9 Å². The van der Waals surface area contributed by atoms with Gasteiger partial charge in [0.15, 0.2) is 6.10 Å². The van der Waals surface area contributed by atoms with E-state index in [0.717, 1.165) is 36.1 Å². The summed E-state index contributed by atoms with van der Waals surface area (Å²) in [5, 5.41) is 0.264. The molecule has 0 spiro atoms. The number of hydrogen-bond donors (Lipinski definition) is 0. The van der Waals surface area contributed by atoms with Gasteiger partial charge in [0.2, 0.25) is 0 Å². The number of esters is 1. The van der Waals surface area contributed by atoms with E-state index in [2.05, 4.69) is 39.7 Å². The zero-order valence-corrected chi connectivity index (χ0v) is 19.4. The maximum Gasteiger partial charge on any atom is 0.340 e. The fraction of sp³-hybridized carbons (Fsp3) is 0.700. The number of piperidine rings is 1. The zero-order valence-electron chi connectivity index (χ0n) is 17.1. The molecule has 1 aromatic rings. The smallest absolute Gasteiger partial charge is 0.340 e. The summed E-state index contributed by atoms with van der Waals surface area (Å²) in [6.07, 6.45) is 2.86. The Kier molecular flexibility index (Phi) is 7.20. The van der Waals surface area contributed by atoms with E-state index in [9.17, 15) is 4.79 Å². The topological polar surface area (TPSA) is 51.7 Å². The third-order valence-electron chi connectivity index (χ3n) is 4.66. The molecule has 1 atom stereocenters. The van der Waals surface area contributed by atoms with Crippen molar-refractivity contribution in [2.24, 2.45) is 5.41 Å². The molecule has 0 amide bonds. The van der Waals surface area contributed by atoms with Crippen LogP contribution in [0.2, 0.25) is 5.15 Å². The van der Waals surface area contributed by atoms with Crippen LogP contribution >= 0.6 is 27.5 Å². The minimum atomic E-state index is -0.938. The SMILES string of the molecule is CCOC(=O)C(OC(C)(C)C)c1c(Cl)ncc(Br)c1N1CCC(C)(C)CC1. The minimum Gasteiger partial charge on any atom is -0.464 e. The van der Waals surface area contributed by atoms with Crippen LogP contribution in [0.5, 0.6) is 0 Å². The molecule has 1 fully saturated rings. The third kappa shape index (κ3) is 5.81. The van der Waals surface area contributed by atoms with E-state index < -0.39 is 17.7 Å². The molecule has 1 aliphatic heterocycles. The maximum absolute atomic E-state index is 12.8. The molecular formula is C20H30BrClN2O3. The van der Waals surface area contributed by atoms with E-state index in [4.69, 9.17) is 21.1 Å². The summed E-state index contributed by atoms with van der Waals surface area (Å²) in [6.45, 7) is 14.1. The lowest BCUT2D eigenvalue weighted by atomic mass is 9.82. The van der Waals surface area contributed by atoms with Crippen molar-refractivity contribution in [3.8, 4) is 0 Å². The second-order valence-corrected chi connectivity index (χ2v) is 9.89. The summed E-state index contributed by atoms with van der Waals surface area (Å²) in [6, 6.07) is 0. The predicted octanol–water partition coefficient (Wildman–Crippen LogP) is 5.54. The standard InChI is InChI=1S/C20H30BrClN2O3/c1-7-26-18(25)16(27-19(2,3)4)14-15(13(21)12-23-17(14)22)24-10-8-20(5,6)9-11-24/h12,16H,7-11H2,1-6H3. The van der Waals surface area contributed by atoms with Gasteiger partial charge < -0.3 is 14.4 Å². The van der Waals surface area contributed by atoms with Crippen LogP contribution in [0, 0.1) is 5.41 Å². The number of hydrogen-bond acceptors (Lipinski definition) is 5. The molecule has 0 bridgehead atoms. The van der Waals surface area contributed by atoms with E-state index in [1.807, 2.05) is 20.8 Å². The molecule has 2 heterocycles. The van der Waals surface area contributed by atoms with Crippen LogP contribution in [0.4, 0.5) is 5.69 Å². The number of carbonyl (C=O) groups excluding carboxylic acids is 1. The molecule has 0 aliphatic carbocycles. The van der Waals surface area contributed by atoms with Crippen molar-refractivity contribution in [3.63, 3.8) is 0 Å². The third-order valence-corrected chi connectivity index (χ3v) is 5.54. The largest absolute Gasteiger partial charge is 0.464 e. The van der Waals surface area contributed by atoms with Crippen molar-refractivity contribution >= 4 is 39.2 Å². The first kappa shape index (κ1) is 22.4. The average Bonchev–Trinajstić information content (AvgIpc) is 2.55. The fourth-order valence-corrected chi connectivity index (χ4v) is 3.96. The molecule has 1 aromatic heterocycles. The molecule has 0 radical (unpaired) electrons.